The third kappa shape index (κ3) is 3.71. The Labute approximate surface area is 118 Å². The van der Waals surface area contributed by atoms with Gasteiger partial charge in [0.25, 0.3) is 0 Å². The number of nitrogens with two attached hydrogens (primary N) is 1. The smallest absolute Gasteiger partial charge is 0.146 e. The molecular formula is C16H19FN2O. The topological polar surface area (TPSA) is 38.5 Å². The summed E-state index contributed by atoms with van der Waals surface area (Å²) in [5.74, 6) is 0.575. The molecule has 0 aliphatic carbocycles. The molecule has 0 unspecified atom stereocenters. The van der Waals surface area contributed by atoms with Gasteiger partial charge < -0.3 is 15.4 Å². The van der Waals surface area contributed by atoms with Crippen LogP contribution in [0.1, 0.15) is 5.56 Å². The zero-order chi connectivity index (χ0) is 14.4. The highest BCUT2D eigenvalue weighted by Gasteiger charge is 2.06. The predicted octanol–water partition coefficient (Wildman–Crippen LogP) is 2.80. The molecule has 0 aliphatic heterocycles. The Morgan fingerprint density at radius 1 is 1.10 bits per heavy atom. The summed E-state index contributed by atoms with van der Waals surface area (Å²) in [6.45, 7) is 1.63. The van der Waals surface area contributed by atoms with Gasteiger partial charge in [-0.3, -0.25) is 0 Å². The minimum absolute atomic E-state index is 0.220. The van der Waals surface area contributed by atoms with E-state index >= 15 is 0 Å². The van der Waals surface area contributed by atoms with Crippen molar-refractivity contribution in [2.75, 3.05) is 25.1 Å². The second kappa shape index (κ2) is 6.91. The van der Waals surface area contributed by atoms with Crippen LogP contribution in [-0.2, 0) is 6.54 Å². The van der Waals surface area contributed by atoms with E-state index in [9.17, 15) is 4.39 Å². The van der Waals surface area contributed by atoms with Crippen molar-refractivity contribution in [1.29, 1.82) is 0 Å². The number of likely N-dealkylation sites (N-methyl/N-ethyl adjacent to an activating group) is 1. The third-order valence-electron chi connectivity index (χ3n) is 3.12. The molecule has 0 aromatic heterocycles. The first-order valence-electron chi connectivity index (χ1n) is 6.58. The fraction of sp³-hybridized carbons (Fsp3) is 0.250. The number of hydrogen-bond acceptors (Lipinski definition) is 3. The van der Waals surface area contributed by atoms with E-state index in [1.54, 1.807) is 12.1 Å². The molecule has 106 valence electrons. The summed E-state index contributed by atoms with van der Waals surface area (Å²) >= 11 is 0. The number of ether oxygens (including phenoxy) is 1. The van der Waals surface area contributed by atoms with Crippen LogP contribution in [0.25, 0.3) is 0 Å². The van der Waals surface area contributed by atoms with Crippen LogP contribution in [0, 0.1) is 5.82 Å². The molecule has 0 spiro atoms. The highest BCUT2D eigenvalue weighted by Crippen LogP contribution is 2.17. The van der Waals surface area contributed by atoms with Crippen molar-refractivity contribution in [2.45, 2.75) is 6.54 Å². The Bertz CT molecular complexity index is 542. The molecule has 2 N–H and O–H groups in total. The van der Waals surface area contributed by atoms with Gasteiger partial charge in [-0.2, -0.15) is 0 Å². The van der Waals surface area contributed by atoms with Crippen LogP contribution in [0.4, 0.5) is 10.1 Å². The Kier molecular flexibility index (Phi) is 4.96. The summed E-state index contributed by atoms with van der Waals surface area (Å²) < 4.78 is 19.2. The second-order valence-electron chi connectivity index (χ2n) is 4.57. The molecule has 0 atom stereocenters. The lowest BCUT2D eigenvalue weighted by molar-refractivity contribution is 0.325. The number of halogens is 1. The summed E-state index contributed by atoms with van der Waals surface area (Å²) in [7, 11) is 1.85. The molecule has 0 bridgehead atoms. The number of hydrogen-bond donors (Lipinski definition) is 1. The first-order valence-corrected chi connectivity index (χ1v) is 6.58. The Morgan fingerprint density at radius 2 is 1.80 bits per heavy atom. The largest absolute Gasteiger partial charge is 0.492 e. The molecular weight excluding hydrogens is 255 g/mol. The SMILES string of the molecule is CN(CCOc1ccc(CN)cc1)c1ccccc1F. The van der Waals surface area contributed by atoms with Crippen molar-refractivity contribution in [3.8, 4) is 5.75 Å². The fourth-order valence-electron chi connectivity index (χ4n) is 1.90. The van der Waals surface area contributed by atoms with E-state index in [1.807, 2.05) is 42.3 Å². The maximum atomic E-state index is 13.6. The molecule has 0 saturated heterocycles. The lowest BCUT2D eigenvalue weighted by Crippen LogP contribution is -2.24. The summed E-state index contributed by atoms with van der Waals surface area (Å²) in [5.41, 5.74) is 7.18. The van der Waals surface area contributed by atoms with Gasteiger partial charge in [-0.05, 0) is 29.8 Å². The van der Waals surface area contributed by atoms with Crippen molar-refractivity contribution < 1.29 is 9.13 Å². The number of benzene rings is 2. The summed E-state index contributed by atoms with van der Waals surface area (Å²) in [5, 5.41) is 0. The normalized spacial score (nSPS) is 10.3. The van der Waals surface area contributed by atoms with Crippen LogP contribution < -0.4 is 15.4 Å². The molecule has 0 saturated carbocycles. The average molecular weight is 274 g/mol. The molecule has 0 radical (unpaired) electrons. The molecule has 2 rings (SSSR count). The van der Waals surface area contributed by atoms with Gasteiger partial charge in [-0.15, -0.1) is 0 Å². The van der Waals surface area contributed by atoms with Gasteiger partial charge in [0.05, 0.1) is 12.2 Å². The molecule has 0 aliphatic rings. The predicted molar refractivity (Wildman–Crippen MR) is 79.5 cm³/mol. The highest BCUT2D eigenvalue weighted by molar-refractivity contribution is 5.46. The first-order chi connectivity index (χ1) is 9.70. The van der Waals surface area contributed by atoms with Gasteiger partial charge in [-0.1, -0.05) is 24.3 Å². The monoisotopic (exact) mass is 274 g/mol. The summed E-state index contributed by atoms with van der Waals surface area (Å²) in [4.78, 5) is 1.84. The Hall–Kier alpha value is -2.07. The van der Waals surface area contributed by atoms with Gasteiger partial charge in [0.1, 0.15) is 18.2 Å². The quantitative estimate of drug-likeness (QED) is 0.880. The average Bonchev–Trinajstić information content (AvgIpc) is 2.48. The standard InChI is InChI=1S/C16H19FN2O/c1-19(16-5-3-2-4-15(16)17)10-11-20-14-8-6-13(12-18)7-9-14/h2-9H,10-12,18H2,1H3. The zero-order valence-electron chi connectivity index (χ0n) is 11.6. The van der Waals surface area contributed by atoms with E-state index in [4.69, 9.17) is 10.5 Å². The Morgan fingerprint density at radius 3 is 2.45 bits per heavy atom. The third-order valence-corrected chi connectivity index (χ3v) is 3.12. The van der Waals surface area contributed by atoms with Crippen LogP contribution in [0.15, 0.2) is 48.5 Å². The molecule has 0 fully saturated rings. The van der Waals surface area contributed by atoms with Crippen molar-refractivity contribution in [3.63, 3.8) is 0 Å². The van der Waals surface area contributed by atoms with Crippen molar-refractivity contribution in [1.82, 2.24) is 0 Å². The molecule has 2 aromatic carbocycles. The van der Waals surface area contributed by atoms with Crippen LogP contribution in [0.2, 0.25) is 0 Å². The lowest BCUT2D eigenvalue weighted by atomic mass is 10.2. The maximum Gasteiger partial charge on any atom is 0.146 e. The van der Waals surface area contributed by atoms with E-state index in [0.717, 1.165) is 11.3 Å². The van der Waals surface area contributed by atoms with Crippen molar-refractivity contribution in [3.05, 3.63) is 59.9 Å². The molecule has 0 amide bonds. The molecule has 3 nitrogen and oxygen atoms in total. The number of rotatable bonds is 6. The molecule has 0 heterocycles. The minimum atomic E-state index is -0.220. The fourth-order valence-corrected chi connectivity index (χ4v) is 1.90. The number of anilines is 1. The van der Waals surface area contributed by atoms with E-state index in [0.29, 0.717) is 25.4 Å². The summed E-state index contributed by atoms with van der Waals surface area (Å²) in [6.07, 6.45) is 0. The van der Waals surface area contributed by atoms with Gasteiger partial charge in [0.15, 0.2) is 0 Å². The number of nitrogens with zero attached hydrogens (tertiary/aromatic N) is 1. The van der Waals surface area contributed by atoms with Crippen molar-refractivity contribution >= 4 is 5.69 Å². The Balaban J connectivity index is 1.84. The van der Waals surface area contributed by atoms with Gasteiger partial charge in [-0.25, -0.2) is 4.39 Å². The lowest BCUT2D eigenvalue weighted by Gasteiger charge is -2.20. The highest BCUT2D eigenvalue weighted by atomic mass is 19.1. The van der Waals surface area contributed by atoms with Crippen molar-refractivity contribution in [2.24, 2.45) is 5.73 Å². The first kappa shape index (κ1) is 14.3. The van der Waals surface area contributed by atoms with E-state index in [1.165, 1.54) is 6.07 Å². The number of para-hydroxylation sites is 1. The molecule has 4 heteroatoms. The minimum Gasteiger partial charge on any atom is -0.492 e. The maximum absolute atomic E-state index is 13.6. The van der Waals surface area contributed by atoms with Crippen LogP contribution in [0.3, 0.4) is 0 Å². The van der Waals surface area contributed by atoms with Gasteiger partial charge in [0, 0.05) is 13.6 Å². The molecule has 20 heavy (non-hydrogen) atoms. The second-order valence-corrected chi connectivity index (χ2v) is 4.57. The van der Waals surface area contributed by atoms with Crippen LogP contribution >= 0.6 is 0 Å². The van der Waals surface area contributed by atoms with Gasteiger partial charge >= 0.3 is 0 Å². The van der Waals surface area contributed by atoms with Gasteiger partial charge in [0.2, 0.25) is 0 Å². The van der Waals surface area contributed by atoms with Crippen LogP contribution in [-0.4, -0.2) is 20.2 Å². The summed E-state index contributed by atoms with van der Waals surface area (Å²) in [6, 6.07) is 14.4. The van der Waals surface area contributed by atoms with Crippen LogP contribution in [0.5, 0.6) is 5.75 Å². The zero-order valence-corrected chi connectivity index (χ0v) is 11.6. The van der Waals surface area contributed by atoms with E-state index < -0.39 is 0 Å². The van der Waals surface area contributed by atoms with E-state index in [-0.39, 0.29) is 5.82 Å². The molecule has 2 aromatic rings. The van der Waals surface area contributed by atoms with E-state index in [2.05, 4.69) is 0 Å².